The van der Waals surface area contributed by atoms with E-state index in [1.807, 2.05) is 0 Å². The van der Waals surface area contributed by atoms with Crippen LogP contribution in [0.4, 0.5) is 0 Å². The fraction of sp³-hybridized carbons (Fsp3) is 1.00. The predicted octanol–water partition coefficient (Wildman–Crippen LogP) is 0.914. The Bertz CT molecular complexity index is 116. The molecule has 0 aromatic carbocycles. The van der Waals surface area contributed by atoms with E-state index in [1.165, 1.54) is 25.7 Å². The highest BCUT2D eigenvalue weighted by atomic mass is 35.5. The molecule has 0 amide bonds. The van der Waals surface area contributed by atoms with Crippen molar-refractivity contribution in [2.45, 2.75) is 37.8 Å². The number of halogens is 1. The van der Waals surface area contributed by atoms with Gasteiger partial charge in [0.1, 0.15) is 0 Å². The minimum absolute atomic E-state index is 0. The summed E-state index contributed by atoms with van der Waals surface area (Å²) in [7, 11) is 1.73. The summed E-state index contributed by atoms with van der Waals surface area (Å²) < 4.78 is 4.97. The monoisotopic (exact) mass is 208 g/mol. The van der Waals surface area contributed by atoms with E-state index in [0.29, 0.717) is 12.1 Å². The first kappa shape index (κ1) is 13.2. The summed E-state index contributed by atoms with van der Waals surface area (Å²) in [5.74, 6) is 0. The van der Waals surface area contributed by atoms with E-state index >= 15 is 0 Å². The normalized spacial score (nSPS) is 28.2. The summed E-state index contributed by atoms with van der Waals surface area (Å²) in [6, 6.07) is 1.13. The van der Waals surface area contributed by atoms with Crippen LogP contribution < -0.4 is 11.1 Å². The molecule has 0 unspecified atom stereocenters. The molecule has 0 aliphatic heterocycles. The third-order valence-corrected chi connectivity index (χ3v) is 2.51. The Hall–Kier alpha value is 0.170. The summed E-state index contributed by atoms with van der Waals surface area (Å²) in [5.41, 5.74) is 5.80. The Morgan fingerprint density at radius 2 is 1.92 bits per heavy atom. The van der Waals surface area contributed by atoms with Gasteiger partial charge in [0.2, 0.25) is 0 Å². The number of ether oxygens (including phenoxy) is 1. The maximum Gasteiger partial charge on any atom is 0.0587 e. The van der Waals surface area contributed by atoms with Crippen LogP contribution in [-0.2, 0) is 4.74 Å². The Kier molecular flexibility index (Phi) is 7.66. The lowest BCUT2D eigenvalue weighted by molar-refractivity contribution is 0.191. The maximum atomic E-state index is 5.80. The van der Waals surface area contributed by atoms with Gasteiger partial charge in [-0.2, -0.15) is 0 Å². The van der Waals surface area contributed by atoms with E-state index in [0.717, 1.165) is 13.2 Å². The molecule has 0 aromatic rings. The lowest BCUT2D eigenvalue weighted by atomic mass is 9.92. The molecule has 0 heterocycles. The standard InChI is InChI=1S/C9H20N2O.ClH/c1-12-7-6-11-9-4-2-8(10)3-5-9;/h8-9,11H,2-7,10H2,1H3;1H. The fourth-order valence-corrected chi connectivity index (χ4v) is 1.69. The van der Waals surface area contributed by atoms with Crippen LogP contribution in [0.3, 0.4) is 0 Å². The number of hydrogen-bond acceptors (Lipinski definition) is 3. The molecular weight excluding hydrogens is 188 g/mol. The number of hydrogen-bond donors (Lipinski definition) is 2. The SMILES string of the molecule is COCCNC1CCC(N)CC1.Cl. The highest BCUT2D eigenvalue weighted by Gasteiger charge is 2.17. The van der Waals surface area contributed by atoms with Crippen LogP contribution in [0.5, 0.6) is 0 Å². The molecule has 4 heteroatoms. The van der Waals surface area contributed by atoms with Gasteiger partial charge >= 0.3 is 0 Å². The molecule has 3 nitrogen and oxygen atoms in total. The van der Waals surface area contributed by atoms with E-state index in [2.05, 4.69) is 5.32 Å². The molecule has 0 bridgehead atoms. The van der Waals surface area contributed by atoms with E-state index in [9.17, 15) is 0 Å². The van der Waals surface area contributed by atoms with Crippen molar-refractivity contribution in [1.82, 2.24) is 5.32 Å². The van der Waals surface area contributed by atoms with Gasteiger partial charge in [0, 0.05) is 25.7 Å². The van der Waals surface area contributed by atoms with E-state index in [1.54, 1.807) is 7.11 Å². The number of nitrogens with two attached hydrogens (primary N) is 1. The molecule has 0 atom stereocenters. The molecule has 3 N–H and O–H groups in total. The second-order valence-electron chi connectivity index (χ2n) is 3.56. The summed E-state index contributed by atoms with van der Waals surface area (Å²) in [4.78, 5) is 0. The molecule has 0 radical (unpaired) electrons. The first-order valence-electron chi connectivity index (χ1n) is 4.81. The topological polar surface area (TPSA) is 47.3 Å². The van der Waals surface area contributed by atoms with Crippen molar-refractivity contribution in [1.29, 1.82) is 0 Å². The van der Waals surface area contributed by atoms with Gasteiger partial charge in [-0.1, -0.05) is 0 Å². The van der Waals surface area contributed by atoms with Crippen LogP contribution >= 0.6 is 12.4 Å². The van der Waals surface area contributed by atoms with Gasteiger partial charge in [-0.3, -0.25) is 0 Å². The van der Waals surface area contributed by atoms with Crippen LogP contribution in [0.1, 0.15) is 25.7 Å². The molecule has 1 aliphatic rings. The molecule has 1 saturated carbocycles. The Labute approximate surface area is 86.8 Å². The van der Waals surface area contributed by atoms with Crippen molar-refractivity contribution >= 4 is 12.4 Å². The Morgan fingerprint density at radius 1 is 1.31 bits per heavy atom. The molecule has 0 aromatic heterocycles. The predicted molar refractivity (Wildman–Crippen MR) is 57.4 cm³/mol. The summed E-state index contributed by atoms with van der Waals surface area (Å²) in [5, 5.41) is 3.46. The molecule has 1 aliphatic carbocycles. The molecule has 80 valence electrons. The zero-order valence-electron chi connectivity index (χ0n) is 8.29. The van der Waals surface area contributed by atoms with Gasteiger partial charge in [-0.05, 0) is 25.7 Å². The van der Waals surface area contributed by atoms with Gasteiger partial charge in [-0.15, -0.1) is 12.4 Å². The van der Waals surface area contributed by atoms with Crippen molar-refractivity contribution < 1.29 is 4.74 Å². The largest absolute Gasteiger partial charge is 0.383 e. The number of rotatable bonds is 4. The lowest BCUT2D eigenvalue weighted by Crippen LogP contribution is -2.38. The Balaban J connectivity index is 0.00000144. The van der Waals surface area contributed by atoms with Crippen molar-refractivity contribution in [3.05, 3.63) is 0 Å². The molecule has 0 spiro atoms. The Morgan fingerprint density at radius 3 is 2.46 bits per heavy atom. The third-order valence-electron chi connectivity index (χ3n) is 2.51. The van der Waals surface area contributed by atoms with Crippen LogP contribution in [0.15, 0.2) is 0 Å². The zero-order valence-corrected chi connectivity index (χ0v) is 9.11. The summed E-state index contributed by atoms with van der Waals surface area (Å²) >= 11 is 0. The minimum Gasteiger partial charge on any atom is -0.383 e. The van der Waals surface area contributed by atoms with Crippen molar-refractivity contribution in [3.8, 4) is 0 Å². The van der Waals surface area contributed by atoms with Crippen LogP contribution in [-0.4, -0.2) is 32.3 Å². The van der Waals surface area contributed by atoms with E-state index in [-0.39, 0.29) is 12.4 Å². The third kappa shape index (κ3) is 5.47. The molecule has 13 heavy (non-hydrogen) atoms. The maximum absolute atomic E-state index is 5.80. The lowest BCUT2D eigenvalue weighted by Gasteiger charge is -2.26. The van der Waals surface area contributed by atoms with Crippen molar-refractivity contribution in [3.63, 3.8) is 0 Å². The highest BCUT2D eigenvalue weighted by Crippen LogP contribution is 2.16. The molecule has 0 saturated heterocycles. The first-order chi connectivity index (χ1) is 5.83. The molecular formula is C9H21ClN2O. The zero-order chi connectivity index (χ0) is 8.81. The average molecular weight is 209 g/mol. The van der Waals surface area contributed by atoms with Crippen LogP contribution in [0, 0.1) is 0 Å². The molecule has 1 rings (SSSR count). The number of nitrogens with one attached hydrogen (secondary N) is 1. The van der Waals surface area contributed by atoms with E-state index in [4.69, 9.17) is 10.5 Å². The van der Waals surface area contributed by atoms with E-state index < -0.39 is 0 Å². The van der Waals surface area contributed by atoms with Gasteiger partial charge in [-0.25, -0.2) is 0 Å². The van der Waals surface area contributed by atoms with Crippen LogP contribution in [0.25, 0.3) is 0 Å². The smallest absolute Gasteiger partial charge is 0.0587 e. The summed E-state index contributed by atoms with van der Waals surface area (Å²) in [6.45, 7) is 1.78. The van der Waals surface area contributed by atoms with Crippen molar-refractivity contribution in [2.75, 3.05) is 20.3 Å². The fourth-order valence-electron chi connectivity index (χ4n) is 1.69. The minimum atomic E-state index is 0. The summed E-state index contributed by atoms with van der Waals surface area (Å²) in [6.07, 6.45) is 4.80. The second kappa shape index (κ2) is 7.56. The van der Waals surface area contributed by atoms with Gasteiger partial charge < -0.3 is 15.8 Å². The highest BCUT2D eigenvalue weighted by molar-refractivity contribution is 5.85. The quantitative estimate of drug-likeness (QED) is 0.676. The van der Waals surface area contributed by atoms with Crippen LogP contribution in [0.2, 0.25) is 0 Å². The van der Waals surface area contributed by atoms with Gasteiger partial charge in [0.15, 0.2) is 0 Å². The first-order valence-corrected chi connectivity index (χ1v) is 4.81. The molecule has 1 fully saturated rings. The van der Waals surface area contributed by atoms with Gasteiger partial charge in [0.05, 0.1) is 6.61 Å². The second-order valence-corrected chi connectivity index (χ2v) is 3.56. The van der Waals surface area contributed by atoms with Crippen molar-refractivity contribution in [2.24, 2.45) is 5.73 Å². The number of methoxy groups -OCH3 is 1. The average Bonchev–Trinajstić information content (AvgIpc) is 2.09. The van der Waals surface area contributed by atoms with Gasteiger partial charge in [0.25, 0.3) is 0 Å².